The molecule has 1 aliphatic rings. The van der Waals surface area contributed by atoms with Gasteiger partial charge in [-0.05, 0) is 48.1 Å². The van der Waals surface area contributed by atoms with Crippen LogP contribution in [0.5, 0.6) is 0 Å². The first kappa shape index (κ1) is 16.4. The number of amides is 1. The fraction of sp³-hybridized carbons (Fsp3) is 0.278. The SMILES string of the molecule is Cl.Nc1ccc2c(c1)CCCC2NC(=O)Cc1ccccc1. The molecule has 3 rings (SSSR count). The average molecular weight is 317 g/mol. The predicted molar refractivity (Wildman–Crippen MR) is 92.1 cm³/mol. The predicted octanol–water partition coefficient (Wildman–Crippen LogP) is 3.43. The number of hydrogen-bond acceptors (Lipinski definition) is 2. The summed E-state index contributed by atoms with van der Waals surface area (Å²) in [5, 5.41) is 3.16. The van der Waals surface area contributed by atoms with Crippen molar-refractivity contribution in [3.8, 4) is 0 Å². The molecular formula is C18H21ClN2O. The van der Waals surface area contributed by atoms with Crippen molar-refractivity contribution in [3.05, 3.63) is 65.2 Å². The first-order valence-electron chi connectivity index (χ1n) is 7.44. The molecule has 22 heavy (non-hydrogen) atoms. The number of aryl methyl sites for hydroxylation is 1. The Labute approximate surface area is 137 Å². The number of rotatable bonds is 3. The second-order valence-electron chi connectivity index (χ2n) is 5.63. The van der Waals surface area contributed by atoms with Gasteiger partial charge in [0.25, 0.3) is 0 Å². The number of anilines is 1. The third-order valence-electron chi connectivity index (χ3n) is 4.02. The van der Waals surface area contributed by atoms with Gasteiger partial charge in [0, 0.05) is 5.69 Å². The smallest absolute Gasteiger partial charge is 0.224 e. The molecule has 3 N–H and O–H groups in total. The normalized spacial score (nSPS) is 16.3. The molecule has 0 spiro atoms. The van der Waals surface area contributed by atoms with Crippen LogP contribution in [0.2, 0.25) is 0 Å². The van der Waals surface area contributed by atoms with Crippen LogP contribution in [0, 0.1) is 0 Å². The lowest BCUT2D eigenvalue weighted by Crippen LogP contribution is -2.32. The molecule has 0 bridgehead atoms. The van der Waals surface area contributed by atoms with Gasteiger partial charge in [-0.15, -0.1) is 12.4 Å². The number of benzene rings is 2. The van der Waals surface area contributed by atoms with Crippen molar-refractivity contribution in [1.82, 2.24) is 5.32 Å². The van der Waals surface area contributed by atoms with E-state index in [-0.39, 0.29) is 24.4 Å². The van der Waals surface area contributed by atoms with E-state index in [9.17, 15) is 4.79 Å². The van der Waals surface area contributed by atoms with Crippen molar-refractivity contribution in [2.45, 2.75) is 31.7 Å². The summed E-state index contributed by atoms with van der Waals surface area (Å²) in [6, 6.07) is 16.0. The molecule has 0 radical (unpaired) electrons. The summed E-state index contributed by atoms with van der Waals surface area (Å²) in [5.41, 5.74) is 10.2. The van der Waals surface area contributed by atoms with Gasteiger partial charge in [0.05, 0.1) is 12.5 Å². The number of nitrogens with two attached hydrogens (primary N) is 1. The Morgan fingerprint density at radius 3 is 2.73 bits per heavy atom. The molecule has 1 aliphatic carbocycles. The van der Waals surface area contributed by atoms with E-state index >= 15 is 0 Å². The molecule has 0 saturated heterocycles. The lowest BCUT2D eigenvalue weighted by atomic mass is 9.87. The summed E-state index contributed by atoms with van der Waals surface area (Å²) in [6.07, 6.45) is 3.57. The highest BCUT2D eigenvalue weighted by atomic mass is 35.5. The minimum absolute atomic E-state index is 0. The second-order valence-corrected chi connectivity index (χ2v) is 5.63. The van der Waals surface area contributed by atoms with Crippen molar-refractivity contribution in [1.29, 1.82) is 0 Å². The first-order valence-corrected chi connectivity index (χ1v) is 7.44. The summed E-state index contributed by atoms with van der Waals surface area (Å²) in [7, 11) is 0. The maximum absolute atomic E-state index is 12.2. The molecule has 0 aromatic heterocycles. The standard InChI is InChI=1S/C18H20N2O.ClH/c19-15-9-10-16-14(12-15)7-4-8-17(16)20-18(21)11-13-5-2-1-3-6-13;/h1-3,5-6,9-10,12,17H,4,7-8,11,19H2,(H,20,21);1H. The quantitative estimate of drug-likeness (QED) is 0.852. The third kappa shape index (κ3) is 3.80. The van der Waals surface area contributed by atoms with E-state index in [0.29, 0.717) is 6.42 Å². The Kier molecular flexibility index (Phi) is 5.45. The maximum Gasteiger partial charge on any atom is 0.224 e. The molecule has 0 fully saturated rings. The van der Waals surface area contributed by atoms with Crippen molar-refractivity contribution >= 4 is 24.0 Å². The fourth-order valence-corrected chi connectivity index (χ4v) is 3.01. The number of carbonyl (C=O) groups is 1. The van der Waals surface area contributed by atoms with Crippen LogP contribution < -0.4 is 11.1 Å². The van der Waals surface area contributed by atoms with E-state index in [1.165, 1.54) is 11.1 Å². The molecule has 2 aromatic carbocycles. The monoisotopic (exact) mass is 316 g/mol. The van der Waals surface area contributed by atoms with Crippen LogP contribution in [0.4, 0.5) is 5.69 Å². The lowest BCUT2D eigenvalue weighted by molar-refractivity contribution is -0.121. The third-order valence-corrected chi connectivity index (χ3v) is 4.02. The van der Waals surface area contributed by atoms with Crippen molar-refractivity contribution in [3.63, 3.8) is 0 Å². The molecular weight excluding hydrogens is 296 g/mol. The second kappa shape index (κ2) is 7.32. The van der Waals surface area contributed by atoms with E-state index in [0.717, 1.165) is 30.5 Å². The Balaban J connectivity index is 0.00000176. The van der Waals surface area contributed by atoms with Crippen LogP contribution >= 0.6 is 12.4 Å². The molecule has 116 valence electrons. The van der Waals surface area contributed by atoms with Gasteiger partial charge in [-0.3, -0.25) is 4.79 Å². The zero-order chi connectivity index (χ0) is 14.7. The van der Waals surface area contributed by atoms with Gasteiger partial charge >= 0.3 is 0 Å². The molecule has 1 amide bonds. The topological polar surface area (TPSA) is 55.1 Å². The van der Waals surface area contributed by atoms with Crippen molar-refractivity contribution in [2.24, 2.45) is 0 Å². The van der Waals surface area contributed by atoms with E-state index in [1.807, 2.05) is 42.5 Å². The van der Waals surface area contributed by atoms with E-state index < -0.39 is 0 Å². The molecule has 0 heterocycles. The summed E-state index contributed by atoms with van der Waals surface area (Å²) in [6.45, 7) is 0. The minimum Gasteiger partial charge on any atom is -0.399 e. The number of nitrogen functional groups attached to an aromatic ring is 1. The van der Waals surface area contributed by atoms with Crippen LogP contribution in [-0.2, 0) is 17.6 Å². The van der Waals surface area contributed by atoms with Crippen LogP contribution in [0.3, 0.4) is 0 Å². The van der Waals surface area contributed by atoms with Crippen LogP contribution in [0.25, 0.3) is 0 Å². The molecule has 1 unspecified atom stereocenters. The average Bonchev–Trinajstić information content (AvgIpc) is 2.48. The van der Waals surface area contributed by atoms with Crippen molar-refractivity contribution < 1.29 is 4.79 Å². The molecule has 0 saturated carbocycles. The van der Waals surface area contributed by atoms with Crippen LogP contribution in [0.15, 0.2) is 48.5 Å². The molecule has 2 aromatic rings. The summed E-state index contributed by atoms with van der Waals surface area (Å²) >= 11 is 0. The Morgan fingerprint density at radius 1 is 1.18 bits per heavy atom. The summed E-state index contributed by atoms with van der Waals surface area (Å²) < 4.78 is 0. The molecule has 0 aliphatic heterocycles. The highest BCUT2D eigenvalue weighted by Gasteiger charge is 2.21. The summed E-state index contributed by atoms with van der Waals surface area (Å²) in [5.74, 6) is 0.0795. The molecule has 3 nitrogen and oxygen atoms in total. The number of carbonyl (C=O) groups excluding carboxylic acids is 1. The fourth-order valence-electron chi connectivity index (χ4n) is 3.01. The first-order chi connectivity index (χ1) is 10.2. The molecule has 1 atom stereocenters. The summed E-state index contributed by atoms with van der Waals surface area (Å²) in [4.78, 5) is 12.2. The lowest BCUT2D eigenvalue weighted by Gasteiger charge is -2.26. The van der Waals surface area contributed by atoms with Crippen LogP contribution in [-0.4, -0.2) is 5.91 Å². The van der Waals surface area contributed by atoms with Gasteiger partial charge in [0.15, 0.2) is 0 Å². The van der Waals surface area contributed by atoms with Crippen LogP contribution in [0.1, 0.15) is 35.6 Å². The Morgan fingerprint density at radius 2 is 1.95 bits per heavy atom. The van der Waals surface area contributed by atoms with Gasteiger partial charge in [-0.1, -0.05) is 36.4 Å². The Hall–Kier alpha value is -2.00. The number of fused-ring (bicyclic) bond motifs is 1. The van der Waals surface area contributed by atoms with Crippen molar-refractivity contribution in [2.75, 3.05) is 5.73 Å². The van der Waals surface area contributed by atoms with Gasteiger partial charge in [-0.2, -0.15) is 0 Å². The maximum atomic E-state index is 12.2. The zero-order valence-corrected chi connectivity index (χ0v) is 13.2. The van der Waals surface area contributed by atoms with Gasteiger partial charge in [0.2, 0.25) is 5.91 Å². The number of halogens is 1. The minimum atomic E-state index is 0. The van der Waals surface area contributed by atoms with E-state index in [4.69, 9.17) is 5.73 Å². The zero-order valence-electron chi connectivity index (χ0n) is 12.4. The number of nitrogens with one attached hydrogen (secondary N) is 1. The number of hydrogen-bond donors (Lipinski definition) is 2. The largest absolute Gasteiger partial charge is 0.399 e. The Bertz CT molecular complexity index is 643. The van der Waals surface area contributed by atoms with Gasteiger partial charge in [0.1, 0.15) is 0 Å². The highest BCUT2D eigenvalue weighted by Crippen LogP contribution is 2.30. The molecule has 4 heteroatoms. The van der Waals surface area contributed by atoms with Gasteiger partial charge < -0.3 is 11.1 Å². The van der Waals surface area contributed by atoms with E-state index in [1.54, 1.807) is 0 Å². The highest BCUT2D eigenvalue weighted by molar-refractivity contribution is 5.85. The van der Waals surface area contributed by atoms with E-state index in [2.05, 4.69) is 11.4 Å². The van der Waals surface area contributed by atoms with Gasteiger partial charge in [-0.25, -0.2) is 0 Å².